The van der Waals surface area contributed by atoms with E-state index in [1.807, 2.05) is 0 Å². The van der Waals surface area contributed by atoms with Crippen LogP contribution in [-0.2, 0) is 28.6 Å². The smallest absolute Gasteiger partial charge is 0.336 e. The molecule has 1 aromatic rings. The Morgan fingerprint density at radius 1 is 1.11 bits per heavy atom. The van der Waals surface area contributed by atoms with Crippen molar-refractivity contribution in [3.05, 3.63) is 62.5 Å². The van der Waals surface area contributed by atoms with Gasteiger partial charge >= 0.3 is 11.9 Å². The van der Waals surface area contributed by atoms with Crippen molar-refractivity contribution in [2.75, 3.05) is 27.4 Å². The number of ether oxygens (including phenoxy) is 3. The van der Waals surface area contributed by atoms with Crippen LogP contribution in [0.2, 0.25) is 0 Å². The molecule has 11 nitrogen and oxygen atoms in total. The summed E-state index contributed by atoms with van der Waals surface area (Å²) in [7, 11) is 2.69. The number of hydrogen-bond donors (Lipinski definition) is 2. The highest BCUT2D eigenvalue weighted by molar-refractivity contribution is 6.03. The maximum atomic E-state index is 13.6. The van der Waals surface area contributed by atoms with E-state index < -0.39 is 34.7 Å². The molecule has 35 heavy (non-hydrogen) atoms. The quantitative estimate of drug-likeness (QED) is 0.219. The molecule has 2 atom stereocenters. The first kappa shape index (κ1) is 27.5. The van der Waals surface area contributed by atoms with Crippen LogP contribution in [0, 0.1) is 16.0 Å². The van der Waals surface area contributed by atoms with Crippen molar-refractivity contribution >= 4 is 23.5 Å². The van der Waals surface area contributed by atoms with Gasteiger partial charge in [0.15, 0.2) is 0 Å². The molecule has 2 rings (SSSR count). The van der Waals surface area contributed by atoms with Gasteiger partial charge in [-0.15, -0.1) is 0 Å². The van der Waals surface area contributed by atoms with Crippen LogP contribution in [0.15, 0.2) is 46.8 Å². The number of rotatable bonds is 10. The molecule has 0 aromatic heterocycles. The second-order valence-electron chi connectivity index (χ2n) is 8.33. The lowest BCUT2D eigenvalue weighted by Crippen LogP contribution is -2.47. The zero-order valence-electron chi connectivity index (χ0n) is 20.7. The predicted octanol–water partition coefficient (Wildman–Crippen LogP) is 2.33. The lowest BCUT2D eigenvalue weighted by Gasteiger charge is -2.32. The van der Waals surface area contributed by atoms with Crippen molar-refractivity contribution < 1.29 is 33.5 Å². The van der Waals surface area contributed by atoms with E-state index in [2.05, 4.69) is 10.6 Å². The monoisotopic (exact) mass is 489 g/mol. The maximum Gasteiger partial charge on any atom is 0.336 e. The van der Waals surface area contributed by atoms with Gasteiger partial charge in [-0.3, -0.25) is 14.9 Å². The summed E-state index contributed by atoms with van der Waals surface area (Å²) in [6.07, 6.45) is 0. The molecule has 1 aromatic carbocycles. The molecule has 0 unspecified atom stereocenters. The Morgan fingerprint density at radius 2 is 1.77 bits per heavy atom. The number of allylic oxidation sites excluding steroid dienone is 2. The predicted molar refractivity (Wildman–Crippen MR) is 126 cm³/mol. The first-order valence-corrected chi connectivity index (χ1v) is 11.0. The van der Waals surface area contributed by atoms with Crippen molar-refractivity contribution in [2.45, 2.75) is 39.7 Å². The van der Waals surface area contributed by atoms with Gasteiger partial charge in [-0.25, -0.2) is 9.59 Å². The number of amides is 1. The molecule has 0 saturated heterocycles. The average molecular weight is 490 g/mol. The Morgan fingerprint density at radius 3 is 2.34 bits per heavy atom. The Kier molecular flexibility index (Phi) is 9.52. The molecule has 1 amide bonds. The molecular formula is C24H31N3O8. The highest BCUT2D eigenvalue weighted by Crippen LogP contribution is 2.39. The van der Waals surface area contributed by atoms with E-state index in [9.17, 15) is 24.5 Å². The van der Waals surface area contributed by atoms with E-state index >= 15 is 0 Å². The van der Waals surface area contributed by atoms with Gasteiger partial charge < -0.3 is 24.8 Å². The third-order valence-corrected chi connectivity index (χ3v) is 5.56. The van der Waals surface area contributed by atoms with Crippen molar-refractivity contribution in [3.8, 4) is 0 Å². The molecule has 2 N–H and O–H groups in total. The van der Waals surface area contributed by atoms with Gasteiger partial charge in [0, 0.05) is 36.2 Å². The molecule has 0 fully saturated rings. The average Bonchev–Trinajstić information content (AvgIpc) is 2.81. The summed E-state index contributed by atoms with van der Waals surface area (Å²) in [4.78, 5) is 49.8. The Hall–Kier alpha value is -3.73. The van der Waals surface area contributed by atoms with E-state index in [-0.39, 0.29) is 36.0 Å². The van der Waals surface area contributed by atoms with Gasteiger partial charge in [0.05, 0.1) is 30.1 Å². The van der Waals surface area contributed by atoms with E-state index in [4.69, 9.17) is 14.2 Å². The summed E-state index contributed by atoms with van der Waals surface area (Å²) in [5, 5.41) is 17.1. The molecule has 11 heteroatoms. The fourth-order valence-electron chi connectivity index (χ4n) is 3.86. The van der Waals surface area contributed by atoms with E-state index in [0.29, 0.717) is 17.0 Å². The van der Waals surface area contributed by atoms with Crippen LogP contribution in [-0.4, -0.2) is 56.2 Å². The number of carbonyl (C=O) groups is 3. The van der Waals surface area contributed by atoms with E-state index in [1.165, 1.54) is 32.4 Å². The van der Waals surface area contributed by atoms with Crippen molar-refractivity contribution in [1.29, 1.82) is 0 Å². The molecule has 0 aliphatic carbocycles. The minimum atomic E-state index is -0.973. The molecule has 0 radical (unpaired) electrons. The highest BCUT2D eigenvalue weighted by atomic mass is 16.6. The first-order valence-electron chi connectivity index (χ1n) is 11.0. The van der Waals surface area contributed by atoms with Crippen LogP contribution in [0.3, 0.4) is 0 Å². The number of methoxy groups -OCH3 is 2. The van der Waals surface area contributed by atoms with Crippen LogP contribution in [0.5, 0.6) is 0 Å². The number of benzene rings is 1. The third kappa shape index (κ3) is 6.44. The summed E-state index contributed by atoms with van der Waals surface area (Å²) >= 11 is 0. The van der Waals surface area contributed by atoms with Crippen molar-refractivity contribution in [2.24, 2.45) is 5.92 Å². The Balaban J connectivity index is 2.54. The number of nitro groups is 1. The van der Waals surface area contributed by atoms with Gasteiger partial charge in [-0.05, 0) is 25.3 Å². The molecule has 0 saturated carbocycles. The molecule has 1 heterocycles. The summed E-state index contributed by atoms with van der Waals surface area (Å²) in [6.45, 7) is 7.05. The first-order chi connectivity index (χ1) is 16.5. The number of non-ortho nitro benzene ring substituents is 1. The lowest BCUT2D eigenvalue weighted by molar-refractivity contribution is -0.384. The second kappa shape index (κ2) is 12.1. The summed E-state index contributed by atoms with van der Waals surface area (Å²) in [5.41, 5.74) is 1.30. The van der Waals surface area contributed by atoms with Gasteiger partial charge in [0.25, 0.3) is 11.6 Å². The lowest BCUT2D eigenvalue weighted by atomic mass is 9.79. The number of esters is 2. The minimum absolute atomic E-state index is 0.0302. The minimum Gasteiger partial charge on any atom is -0.466 e. The largest absolute Gasteiger partial charge is 0.466 e. The fourth-order valence-corrected chi connectivity index (χ4v) is 3.86. The molecule has 0 bridgehead atoms. The van der Waals surface area contributed by atoms with Crippen LogP contribution in [0.25, 0.3) is 0 Å². The summed E-state index contributed by atoms with van der Waals surface area (Å²) < 4.78 is 15.0. The summed E-state index contributed by atoms with van der Waals surface area (Å²) in [6, 6.07) is 4.73. The van der Waals surface area contributed by atoms with Crippen LogP contribution < -0.4 is 10.6 Å². The summed E-state index contributed by atoms with van der Waals surface area (Å²) in [5.74, 6) is -3.22. The molecule has 1 aliphatic rings. The fraction of sp³-hybridized carbons (Fsp3) is 0.458. The number of nitro benzene ring substituents is 1. The molecule has 0 spiro atoms. The Bertz CT molecular complexity index is 1060. The Labute approximate surface area is 203 Å². The molecular weight excluding hydrogens is 458 g/mol. The van der Waals surface area contributed by atoms with Crippen LogP contribution >= 0.6 is 0 Å². The number of nitrogens with one attached hydrogen (secondary N) is 2. The zero-order valence-corrected chi connectivity index (χ0v) is 20.7. The number of nitrogens with zero attached hydrogens (tertiary/aromatic N) is 1. The zero-order chi connectivity index (χ0) is 26.3. The van der Waals surface area contributed by atoms with Gasteiger partial charge in [-0.2, -0.15) is 0 Å². The highest BCUT2D eigenvalue weighted by Gasteiger charge is 2.39. The second-order valence-corrected chi connectivity index (χ2v) is 8.33. The number of carbonyl (C=O) groups excluding carboxylic acids is 3. The van der Waals surface area contributed by atoms with Crippen molar-refractivity contribution in [3.63, 3.8) is 0 Å². The number of hydrogen-bond acceptors (Lipinski definition) is 9. The maximum absolute atomic E-state index is 13.6. The van der Waals surface area contributed by atoms with Gasteiger partial charge in [0.1, 0.15) is 12.6 Å². The van der Waals surface area contributed by atoms with Gasteiger partial charge in [-0.1, -0.05) is 26.0 Å². The molecule has 1 aliphatic heterocycles. The van der Waals surface area contributed by atoms with Crippen LogP contribution in [0.4, 0.5) is 5.69 Å². The van der Waals surface area contributed by atoms with Gasteiger partial charge in [0.2, 0.25) is 0 Å². The van der Waals surface area contributed by atoms with E-state index in [0.717, 1.165) is 0 Å². The van der Waals surface area contributed by atoms with E-state index in [1.54, 1.807) is 33.8 Å². The normalized spacial score (nSPS) is 16.5. The van der Waals surface area contributed by atoms with Crippen molar-refractivity contribution in [1.82, 2.24) is 10.6 Å². The SMILES string of the molecule is COCCOC(=O)[C@@H](NC(=O)C1=C(C)NC(C)=C(C(=O)OC)[C@H]1c1cccc([N+](=O)[O-])c1)C(C)C. The third-order valence-electron chi connectivity index (χ3n) is 5.56. The van der Waals surface area contributed by atoms with Crippen LogP contribution in [0.1, 0.15) is 39.2 Å². The topological polar surface area (TPSA) is 146 Å². The standard InChI is InChI=1S/C24H31N3O8/c1-13(2)21(24(30)35-11-10-33-5)26-22(28)18-14(3)25-15(4)19(23(29)34-6)20(18)16-8-7-9-17(12-16)27(31)32/h7-9,12-13,20-21,25H,10-11H2,1-6H3,(H,26,28)/t20-,21-/m0/s1. The number of dihydropyridines is 1. The molecule has 190 valence electrons.